The van der Waals surface area contributed by atoms with E-state index in [2.05, 4.69) is 15.5 Å². The SMILES string of the molecule is COc1ccccc1C(C)NC(=O)CCn1c(-c2cccc(C)c2)n[nH]c1=S. The van der Waals surface area contributed by atoms with Gasteiger partial charge in [0, 0.05) is 24.1 Å². The van der Waals surface area contributed by atoms with Gasteiger partial charge in [-0.05, 0) is 38.2 Å². The molecular weight excluding hydrogens is 372 g/mol. The number of carbonyl (C=O) groups excluding carboxylic acids is 1. The molecule has 0 saturated heterocycles. The van der Waals surface area contributed by atoms with Crippen LogP contribution in [0.4, 0.5) is 0 Å². The summed E-state index contributed by atoms with van der Waals surface area (Å²) in [5, 5.41) is 10.2. The molecule has 1 atom stereocenters. The summed E-state index contributed by atoms with van der Waals surface area (Å²) in [6, 6.07) is 15.6. The molecular formula is C21H24N4O2S. The number of carbonyl (C=O) groups is 1. The summed E-state index contributed by atoms with van der Waals surface area (Å²) in [4.78, 5) is 12.5. The second kappa shape index (κ2) is 8.84. The van der Waals surface area contributed by atoms with Gasteiger partial charge in [-0.15, -0.1) is 0 Å². The number of para-hydroxylation sites is 1. The molecule has 0 aliphatic rings. The third-order valence-electron chi connectivity index (χ3n) is 4.58. The number of nitrogens with one attached hydrogen (secondary N) is 2. The first kappa shape index (κ1) is 19.8. The lowest BCUT2D eigenvalue weighted by Gasteiger charge is -2.17. The molecule has 2 aromatic carbocycles. The molecule has 6 nitrogen and oxygen atoms in total. The molecule has 1 heterocycles. The molecule has 1 aromatic heterocycles. The average molecular weight is 397 g/mol. The number of hydrogen-bond donors (Lipinski definition) is 2. The zero-order valence-electron chi connectivity index (χ0n) is 16.2. The van der Waals surface area contributed by atoms with Crippen LogP contribution in [0.15, 0.2) is 48.5 Å². The van der Waals surface area contributed by atoms with Gasteiger partial charge in [0.15, 0.2) is 10.6 Å². The van der Waals surface area contributed by atoms with E-state index in [1.165, 1.54) is 0 Å². The molecule has 28 heavy (non-hydrogen) atoms. The van der Waals surface area contributed by atoms with Crippen molar-refractivity contribution in [2.75, 3.05) is 7.11 Å². The monoisotopic (exact) mass is 396 g/mol. The van der Waals surface area contributed by atoms with Crippen LogP contribution >= 0.6 is 12.2 Å². The predicted molar refractivity (Wildman–Crippen MR) is 112 cm³/mol. The molecule has 0 radical (unpaired) electrons. The highest BCUT2D eigenvalue weighted by molar-refractivity contribution is 7.71. The molecule has 3 aromatic rings. The van der Waals surface area contributed by atoms with Crippen molar-refractivity contribution in [1.82, 2.24) is 20.1 Å². The largest absolute Gasteiger partial charge is 0.496 e. The lowest BCUT2D eigenvalue weighted by molar-refractivity contribution is -0.121. The molecule has 0 bridgehead atoms. The number of aromatic amines is 1. The summed E-state index contributed by atoms with van der Waals surface area (Å²) in [5.41, 5.74) is 3.05. The third-order valence-corrected chi connectivity index (χ3v) is 4.89. The number of hydrogen-bond acceptors (Lipinski definition) is 4. The first-order valence-corrected chi connectivity index (χ1v) is 9.55. The van der Waals surface area contributed by atoms with Crippen molar-refractivity contribution in [3.63, 3.8) is 0 Å². The fraction of sp³-hybridized carbons (Fsp3) is 0.286. The summed E-state index contributed by atoms with van der Waals surface area (Å²) in [6.45, 7) is 4.42. The molecule has 1 unspecified atom stereocenters. The molecule has 2 N–H and O–H groups in total. The number of H-pyrrole nitrogens is 1. The molecule has 146 valence electrons. The zero-order chi connectivity index (χ0) is 20.1. The first-order valence-electron chi connectivity index (χ1n) is 9.14. The molecule has 1 amide bonds. The van der Waals surface area contributed by atoms with Gasteiger partial charge in [0.1, 0.15) is 5.75 Å². The number of methoxy groups -OCH3 is 1. The zero-order valence-corrected chi connectivity index (χ0v) is 17.0. The number of aromatic nitrogens is 3. The normalized spacial score (nSPS) is 11.8. The molecule has 0 spiro atoms. The Morgan fingerprint density at radius 1 is 1.29 bits per heavy atom. The standard InChI is InChI=1S/C21H24N4O2S/c1-14-7-6-8-16(13-14)20-23-24-21(28)25(20)12-11-19(26)22-15(2)17-9-4-5-10-18(17)27-3/h4-10,13,15H,11-12H2,1-3H3,(H,22,26)(H,24,28). The molecule has 0 aliphatic heterocycles. The summed E-state index contributed by atoms with van der Waals surface area (Å²) in [7, 11) is 1.63. The van der Waals surface area contributed by atoms with Gasteiger partial charge in [0.05, 0.1) is 13.2 Å². The van der Waals surface area contributed by atoms with Crippen molar-refractivity contribution in [3.8, 4) is 17.1 Å². The maximum Gasteiger partial charge on any atom is 0.222 e. The van der Waals surface area contributed by atoms with Gasteiger partial charge in [-0.2, -0.15) is 5.10 Å². The fourth-order valence-electron chi connectivity index (χ4n) is 3.16. The van der Waals surface area contributed by atoms with Gasteiger partial charge in [-0.1, -0.05) is 42.0 Å². The molecule has 0 aliphatic carbocycles. The smallest absolute Gasteiger partial charge is 0.222 e. The van der Waals surface area contributed by atoms with E-state index in [1.54, 1.807) is 7.11 Å². The second-order valence-electron chi connectivity index (χ2n) is 6.65. The molecule has 3 rings (SSSR count). The number of rotatable bonds is 7. The third kappa shape index (κ3) is 4.48. The lowest BCUT2D eigenvalue weighted by Crippen LogP contribution is -2.27. The molecule has 7 heteroatoms. The van der Waals surface area contributed by atoms with Crippen LogP contribution in [0.25, 0.3) is 11.4 Å². The summed E-state index contributed by atoms with van der Waals surface area (Å²) >= 11 is 5.35. The van der Waals surface area contributed by atoms with Crippen LogP contribution in [0.5, 0.6) is 5.75 Å². The van der Waals surface area contributed by atoms with E-state index in [0.29, 0.717) is 17.7 Å². The van der Waals surface area contributed by atoms with E-state index in [0.717, 1.165) is 28.3 Å². The Morgan fingerprint density at radius 2 is 2.07 bits per heavy atom. The van der Waals surface area contributed by atoms with Crippen LogP contribution in [-0.2, 0) is 11.3 Å². The topological polar surface area (TPSA) is 71.9 Å². The predicted octanol–water partition coefficient (Wildman–Crippen LogP) is 4.19. The van der Waals surface area contributed by atoms with Crippen LogP contribution < -0.4 is 10.1 Å². The molecule has 0 saturated carbocycles. The van der Waals surface area contributed by atoms with Crippen molar-refractivity contribution in [2.45, 2.75) is 32.9 Å². The second-order valence-corrected chi connectivity index (χ2v) is 7.04. The van der Waals surface area contributed by atoms with Crippen LogP contribution in [-0.4, -0.2) is 27.8 Å². The van der Waals surface area contributed by atoms with Crippen LogP contribution in [0, 0.1) is 11.7 Å². The van der Waals surface area contributed by atoms with Gasteiger partial charge >= 0.3 is 0 Å². The van der Waals surface area contributed by atoms with E-state index in [-0.39, 0.29) is 11.9 Å². The summed E-state index contributed by atoms with van der Waals surface area (Å²) in [6.07, 6.45) is 0.298. The van der Waals surface area contributed by atoms with Crippen molar-refractivity contribution in [3.05, 3.63) is 64.4 Å². The first-order chi connectivity index (χ1) is 13.5. The number of benzene rings is 2. The maximum atomic E-state index is 12.5. The highest BCUT2D eigenvalue weighted by atomic mass is 32.1. The Bertz CT molecular complexity index is 1020. The number of amides is 1. The van der Waals surface area contributed by atoms with E-state index >= 15 is 0 Å². The number of nitrogens with zero attached hydrogens (tertiary/aromatic N) is 2. The minimum absolute atomic E-state index is 0.0586. The highest BCUT2D eigenvalue weighted by Gasteiger charge is 2.15. The Balaban J connectivity index is 1.69. The number of ether oxygens (including phenoxy) is 1. The fourth-order valence-corrected chi connectivity index (χ4v) is 3.38. The Morgan fingerprint density at radius 3 is 2.82 bits per heavy atom. The minimum Gasteiger partial charge on any atom is -0.496 e. The van der Waals surface area contributed by atoms with E-state index in [9.17, 15) is 4.79 Å². The van der Waals surface area contributed by atoms with Crippen molar-refractivity contribution >= 4 is 18.1 Å². The van der Waals surface area contributed by atoms with Crippen molar-refractivity contribution in [2.24, 2.45) is 0 Å². The molecule has 0 fully saturated rings. The highest BCUT2D eigenvalue weighted by Crippen LogP contribution is 2.24. The summed E-state index contributed by atoms with van der Waals surface area (Å²) in [5.74, 6) is 1.44. The van der Waals surface area contributed by atoms with Gasteiger partial charge < -0.3 is 10.1 Å². The van der Waals surface area contributed by atoms with Gasteiger partial charge in [-0.3, -0.25) is 14.5 Å². The Hall–Kier alpha value is -2.93. The Labute approximate surface area is 169 Å². The van der Waals surface area contributed by atoms with E-state index in [1.807, 2.05) is 66.9 Å². The van der Waals surface area contributed by atoms with Gasteiger partial charge in [-0.25, -0.2) is 0 Å². The van der Waals surface area contributed by atoms with Crippen molar-refractivity contribution in [1.29, 1.82) is 0 Å². The van der Waals surface area contributed by atoms with Crippen LogP contribution in [0.1, 0.15) is 30.5 Å². The minimum atomic E-state index is -0.155. The van der Waals surface area contributed by atoms with Crippen LogP contribution in [0.3, 0.4) is 0 Å². The van der Waals surface area contributed by atoms with Crippen molar-refractivity contribution < 1.29 is 9.53 Å². The maximum absolute atomic E-state index is 12.5. The lowest BCUT2D eigenvalue weighted by atomic mass is 10.1. The van der Waals surface area contributed by atoms with E-state index in [4.69, 9.17) is 17.0 Å². The van der Waals surface area contributed by atoms with E-state index < -0.39 is 0 Å². The quantitative estimate of drug-likeness (QED) is 0.588. The summed E-state index contributed by atoms with van der Waals surface area (Å²) < 4.78 is 7.74. The van der Waals surface area contributed by atoms with Gasteiger partial charge in [0.25, 0.3) is 0 Å². The number of aryl methyl sites for hydroxylation is 1. The Kier molecular flexibility index (Phi) is 6.26. The van der Waals surface area contributed by atoms with Gasteiger partial charge in [0.2, 0.25) is 5.91 Å². The van der Waals surface area contributed by atoms with Crippen LogP contribution in [0.2, 0.25) is 0 Å². The average Bonchev–Trinajstić information content (AvgIpc) is 3.06.